The van der Waals surface area contributed by atoms with Crippen molar-refractivity contribution < 1.29 is 14.3 Å². The number of esters is 1. The minimum absolute atomic E-state index is 0.00399. The predicted octanol–water partition coefficient (Wildman–Crippen LogP) is 2.39. The summed E-state index contributed by atoms with van der Waals surface area (Å²) >= 11 is 0. The van der Waals surface area contributed by atoms with Gasteiger partial charge in [0.15, 0.2) is 5.78 Å². The first-order valence-electron chi connectivity index (χ1n) is 6.37. The molecule has 0 amide bonds. The highest BCUT2D eigenvalue weighted by Crippen LogP contribution is 2.25. The van der Waals surface area contributed by atoms with Crippen LogP contribution < -0.4 is 0 Å². The highest BCUT2D eigenvalue weighted by Gasteiger charge is 2.39. The van der Waals surface area contributed by atoms with Crippen LogP contribution in [-0.4, -0.2) is 17.9 Å². The number of cyclic esters (lactones) is 1. The zero-order valence-electron chi connectivity index (χ0n) is 10.8. The van der Waals surface area contributed by atoms with Gasteiger partial charge in [0.05, 0.1) is 5.92 Å². The molecule has 1 aromatic carbocycles. The molecule has 3 atom stereocenters. The van der Waals surface area contributed by atoms with Crippen molar-refractivity contribution in [2.75, 3.05) is 0 Å². The van der Waals surface area contributed by atoms with Crippen molar-refractivity contribution in [1.82, 2.24) is 0 Å². The molecule has 0 aliphatic carbocycles. The number of ketones is 1. The Morgan fingerprint density at radius 2 is 1.78 bits per heavy atom. The van der Waals surface area contributed by atoms with Gasteiger partial charge in [0.2, 0.25) is 0 Å². The Hall–Kier alpha value is -1.64. The second kappa shape index (κ2) is 5.34. The third-order valence-electron chi connectivity index (χ3n) is 3.61. The van der Waals surface area contributed by atoms with Crippen LogP contribution in [0.5, 0.6) is 0 Å². The molecular weight excluding hydrogens is 228 g/mol. The third kappa shape index (κ3) is 2.61. The van der Waals surface area contributed by atoms with Crippen LogP contribution in [0.25, 0.3) is 0 Å². The van der Waals surface area contributed by atoms with Crippen molar-refractivity contribution in [3.63, 3.8) is 0 Å². The lowest BCUT2D eigenvalue weighted by atomic mass is 9.86. The first-order chi connectivity index (χ1) is 8.59. The van der Waals surface area contributed by atoms with E-state index in [1.807, 2.05) is 37.3 Å². The van der Waals surface area contributed by atoms with Crippen LogP contribution >= 0.6 is 0 Å². The number of hydrogen-bond donors (Lipinski definition) is 0. The van der Waals surface area contributed by atoms with E-state index in [2.05, 4.69) is 0 Å². The minimum atomic E-state index is -0.604. The average molecular weight is 246 g/mol. The molecule has 0 radical (unpaired) electrons. The maximum Gasteiger partial charge on any atom is 0.316 e. The van der Waals surface area contributed by atoms with Crippen molar-refractivity contribution in [3.05, 3.63) is 35.9 Å². The van der Waals surface area contributed by atoms with Gasteiger partial charge in [0.1, 0.15) is 12.0 Å². The fourth-order valence-corrected chi connectivity index (χ4v) is 2.31. The van der Waals surface area contributed by atoms with E-state index in [4.69, 9.17) is 4.74 Å². The second-order valence-corrected chi connectivity index (χ2v) is 4.91. The minimum Gasteiger partial charge on any atom is -0.461 e. The number of ether oxygens (including phenoxy) is 1. The normalized spacial score (nSPS) is 28.0. The largest absolute Gasteiger partial charge is 0.461 e. The van der Waals surface area contributed by atoms with Gasteiger partial charge in [-0.15, -0.1) is 0 Å². The van der Waals surface area contributed by atoms with E-state index in [-0.39, 0.29) is 23.8 Å². The maximum absolute atomic E-state index is 11.9. The van der Waals surface area contributed by atoms with Crippen LogP contribution in [0.2, 0.25) is 0 Å². The highest BCUT2D eigenvalue weighted by molar-refractivity contribution is 6.01. The van der Waals surface area contributed by atoms with Gasteiger partial charge in [-0.2, -0.15) is 0 Å². The van der Waals surface area contributed by atoms with Crippen LogP contribution in [0, 0.1) is 11.8 Å². The Bertz CT molecular complexity index is 438. The molecule has 0 unspecified atom stereocenters. The Balaban J connectivity index is 1.97. The summed E-state index contributed by atoms with van der Waals surface area (Å²) in [6, 6.07) is 10.0. The summed E-state index contributed by atoms with van der Waals surface area (Å²) in [7, 11) is 0. The summed E-state index contributed by atoms with van der Waals surface area (Å²) in [4.78, 5) is 23.4. The molecule has 0 bridgehead atoms. The van der Waals surface area contributed by atoms with Crippen LogP contribution in [0.15, 0.2) is 30.3 Å². The zero-order valence-corrected chi connectivity index (χ0v) is 10.8. The molecule has 2 rings (SSSR count). The number of carbonyl (C=O) groups is 2. The molecule has 0 aromatic heterocycles. The highest BCUT2D eigenvalue weighted by atomic mass is 16.5. The van der Waals surface area contributed by atoms with Crippen molar-refractivity contribution in [2.45, 2.75) is 32.8 Å². The molecule has 1 aliphatic rings. The lowest BCUT2D eigenvalue weighted by Crippen LogP contribution is -2.43. The van der Waals surface area contributed by atoms with E-state index in [0.29, 0.717) is 6.42 Å². The summed E-state index contributed by atoms with van der Waals surface area (Å²) in [5.74, 6) is -1.17. The monoisotopic (exact) mass is 246 g/mol. The van der Waals surface area contributed by atoms with E-state index in [1.54, 1.807) is 6.92 Å². The summed E-state index contributed by atoms with van der Waals surface area (Å²) in [6.45, 7) is 3.47. The Labute approximate surface area is 107 Å². The van der Waals surface area contributed by atoms with Gasteiger partial charge >= 0.3 is 5.97 Å². The van der Waals surface area contributed by atoms with Crippen molar-refractivity contribution in [3.8, 4) is 0 Å². The van der Waals surface area contributed by atoms with Crippen LogP contribution in [0.1, 0.15) is 25.8 Å². The van der Waals surface area contributed by atoms with E-state index in [1.165, 1.54) is 5.56 Å². The van der Waals surface area contributed by atoms with Gasteiger partial charge in [0.25, 0.3) is 0 Å². The van der Waals surface area contributed by atoms with Crippen molar-refractivity contribution in [1.29, 1.82) is 0 Å². The van der Waals surface area contributed by atoms with E-state index in [0.717, 1.165) is 6.42 Å². The standard InChI is InChI=1S/C15H18O3/c1-10-13(18-15(17)11(2)14(10)16)9-8-12-6-4-3-5-7-12/h3-7,10-11,13H,8-9H2,1-2H3/t10-,11+,13-/m1/s1. The number of Topliss-reactive ketones (excluding diaryl/α,β-unsaturated/α-hetero) is 1. The lowest BCUT2D eigenvalue weighted by Gasteiger charge is -2.30. The van der Waals surface area contributed by atoms with E-state index < -0.39 is 5.92 Å². The summed E-state index contributed by atoms with van der Waals surface area (Å²) < 4.78 is 5.34. The summed E-state index contributed by atoms with van der Waals surface area (Å²) in [5, 5.41) is 0. The van der Waals surface area contributed by atoms with Gasteiger partial charge in [-0.1, -0.05) is 37.3 Å². The molecule has 96 valence electrons. The number of carbonyl (C=O) groups excluding carboxylic acids is 2. The molecule has 0 N–H and O–H groups in total. The topological polar surface area (TPSA) is 43.4 Å². The van der Waals surface area contributed by atoms with Gasteiger partial charge in [-0.3, -0.25) is 9.59 Å². The Morgan fingerprint density at radius 3 is 2.44 bits per heavy atom. The van der Waals surface area contributed by atoms with Gasteiger partial charge < -0.3 is 4.74 Å². The molecule has 1 fully saturated rings. The smallest absolute Gasteiger partial charge is 0.316 e. The first-order valence-corrected chi connectivity index (χ1v) is 6.37. The fourth-order valence-electron chi connectivity index (χ4n) is 2.31. The van der Waals surface area contributed by atoms with Gasteiger partial charge in [-0.25, -0.2) is 0 Å². The molecular formula is C15H18O3. The molecule has 0 saturated carbocycles. The average Bonchev–Trinajstić information content (AvgIpc) is 2.40. The summed E-state index contributed by atoms with van der Waals surface area (Å²) in [5.41, 5.74) is 1.20. The molecule has 3 nitrogen and oxygen atoms in total. The van der Waals surface area contributed by atoms with E-state index in [9.17, 15) is 9.59 Å². The Morgan fingerprint density at radius 1 is 1.11 bits per heavy atom. The molecule has 1 aliphatic heterocycles. The fraction of sp³-hybridized carbons (Fsp3) is 0.467. The SMILES string of the molecule is C[C@@H]1C(=O)O[C@H](CCc2ccccc2)[C@@H](C)C1=O. The van der Waals surface area contributed by atoms with Crippen LogP contribution in [-0.2, 0) is 20.7 Å². The van der Waals surface area contributed by atoms with Crippen LogP contribution in [0.4, 0.5) is 0 Å². The lowest BCUT2D eigenvalue weighted by molar-refractivity contribution is -0.169. The van der Waals surface area contributed by atoms with Crippen LogP contribution in [0.3, 0.4) is 0 Å². The zero-order chi connectivity index (χ0) is 13.1. The molecule has 0 spiro atoms. The quantitative estimate of drug-likeness (QED) is 0.607. The molecule has 1 aromatic rings. The molecule has 1 saturated heterocycles. The van der Waals surface area contributed by atoms with Gasteiger partial charge in [0, 0.05) is 0 Å². The number of hydrogen-bond acceptors (Lipinski definition) is 3. The maximum atomic E-state index is 11.9. The number of benzene rings is 1. The predicted molar refractivity (Wildman–Crippen MR) is 68.0 cm³/mol. The van der Waals surface area contributed by atoms with E-state index >= 15 is 0 Å². The molecule has 1 heterocycles. The third-order valence-corrected chi connectivity index (χ3v) is 3.61. The van der Waals surface area contributed by atoms with Gasteiger partial charge in [-0.05, 0) is 25.3 Å². The summed E-state index contributed by atoms with van der Waals surface area (Å²) in [6.07, 6.45) is 1.25. The molecule has 18 heavy (non-hydrogen) atoms. The van der Waals surface area contributed by atoms with Crippen molar-refractivity contribution >= 4 is 11.8 Å². The Kier molecular flexibility index (Phi) is 3.80. The second-order valence-electron chi connectivity index (χ2n) is 4.91. The number of rotatable bonds is 3. The number of aryl methyl sites for hydroxylation is 1. The first kappa shape index (κ1) is 12.8. The van der Waals surface area contributed by atoms with Crippen molar-refractivity contribution in [2.24, 2.45) is 11.8 Å². The molecule has 3 heteroatoms.